The second kappa shape index (κ2) is 7.77. The van der Waals surface area contributed by atoms with Crippen molar-refractivity contribution >= 4 is 5.91 Å². The van der Waals surface area contributed by atoms with E-state index in [1.165, 1.54) is 12.1 Å². The van der Waals surface area contributed by atoms with Crippen LogP contribution in [0, 0.1) is 0 Å². The molecule has 0 unspecified atom stereocenters. The van der Waals surface area contributed by atoms with Crippen LogP contribution in [0.15, 0.2) is 61.4 Å². The summed E-state index contributed by atoms with van der Waals surface area (Å²) < 4.78 is 37.6. The molecule has 0 saturated carbocycles. The second-order valence-electron chi connectivity index (χ2n) is 5.30. The summed E-state index contributed by atoms with van der Waals surface area (Å²) in [7, 11) is 0. The highest BCUT2D eigenvalue weighted by Gasteiger charge is 2.30. The first-order valence-electron chi connectivity index (χ1n) is 7.36. The average Bonchev–Trinajstić information content (AvgIpc) is 2.55. The van der Waals surface area contributed by atoms with E-state index in [1.807, 2.05) is 0 Å². The molecule has 0 spiro atoms. The van der Waals surface area contributed by atoms with E-state index in [1.54, 1.807) is 30.6 Å². The molecule has 1 aromatic carbocycles. The number of pyridine rings is 1. The fourth-order valence-corrected chi connectivity index (χ4v) is 2.28. The molecule has 3 nitrogen and oxygen atoms in total. The maximum absolute atomic E-state index is 12.5. The van der Waals surface area contributed by atoms with E-state index in [2.05, 4.69) is 16.9 Å². The molecule has 0 aliphatic carbocycles. The lowest BCUT2D eigenvalue weighted by Crippen LogP contribution is -2.29. The minimum absolute atomic E-state index is 0.0108. The summed E-state index contributed by atoms with van der Waals surface area (Å²) in [6.07, 6.45) is 1.14. The highest BCUT2D eigenvalue weighted by atomic mass is 19.4. The third kappa shape index (κ3) is 4.94. The lowest BCUT2D eigenvalue weighted by molar-refractivity contribution is -0.137. The molecule has 0 radical (unpaired) electrons. The SMILES string of the molecule is C=CC[C@@H](NC(=O)Cc1ccc(C(F)(F)F)cc1)c1ccncc1. The van der Waals surface area contributed by atoms with Crippen molar-refractivity contribution in [3.8, 4) is 0 Å². The number of halogens is 3. The number of alkyl halides is 3. The number of nitrogens with one attached hydrogen (secondary N) is 1. The van der Waals surface area contributed by atoms with E-state index in [-0.39, 0.29) is 18.4 Å². The number of aromatic nitrogens is 1. The van der Waals surface area contributed by atoms with E-state index in [0.29, 0.717) is 12.0 Å². The van der Waals surface area contributed by atoms with Crippen molar-refractivity contribution in [3.63, 3.8) is 0 Å². The Morgan fingerprint density at radius 1 is 1.17 bits per heavy atom. The fourth-order valence-electron chi connectivity index (χ4n) is 2.28. The van der Waals surface area contributed by atoms with E-state index in [9.17, 15) is 18.0 Å². The molecule has 1 N–H and O–H groups in total. The summed E-state index contributed by atoms with van der Waals surface area (Å²) >= 11 is 0. The van der Waals surface area contributed by atoms with Crippen molar-refractivity contribution in [2.24, 2.45) is 0 Å². The van der Waals surface area contributed by atoms with Gasteiger partial charge in [0.25, 0.3) is 0 Å². The van der Waals surface area contributed by atoms with Gasteiger partial charge in [0.05, 0.1) is 18.0 Å². The molecule has 1 aromatic heterocycles. The Morgan fingerprint density at radius 2 is 1.79 bits per heavy atom. The fraction of sp³-hybridized carbons (Fsp3) is 0.222. The van der Waals surface area contributed by atoms with E-state index in [0.717, 1.165) is 17.7 Å². The van der Waals surface area contributed by atoms with Gasteiger partial charge in [-0.3, -0.25) is 9.78 Å². The standard InChI is InChI=1S/C18H17F3N2O/c1-2-3-16(14-8-10-22-11-9-14)23-17(24)12-13-4-6-15(7-5-13)18(19,20)21/h2,4-11,16H,1,3,12H2,(H,23,24)/t16-/m1/s1. The van der Waals surface area contributed by atoms with Gasteiger partial charge >= 0.3 is 6.18 Å². The molecule has 0 bridgehead atoms. The van der Waals surface area contributed by atoms with Crippen molar-refractivity contribution in [2.45, 2.75) is 25.1 Å². The first-order chi connectivity index (χ1) is 11.4. The second-order valence-corrected chi connectivity index (χ2v) is 5.30. The smallest absolute Gasteiger partial charge is 0.349 e. The van der Waals surface area contributed by atoms with Crippen LogP contribution in [0.1, 0.15) is 29.2 Å². The average molecular weight is 334 g/mol. The maximum atomic E-state index is 12.5. The molecule has 0 fully saturated rings. The molecule has 0 aliphatic heterocycles. The Kier molecular flexibility index (Phi) is 5.73. The molecule has 1 amide bonds. The summed E-state index contributed by atoms with van der Waals surface area (Å²) in [5.74, 6) is -0.265. The van der Waals surface area contributed by atoms with E-state index in [4.69, 9.17) is 0 Å². The van der Waals surface area contributed by atoms with Crippen LogP contribution in [0.3, 0.4) is 0 Å². The quantitative estimate of drug-likeness (QED) is 0.809. The predicted molar refractivity (Wildman–Crippen MR) is 85.1 cm³/mol. The molecule has 0 aliphatic rings. The number of carbonyl (C=O) groups is 1. The molecule has 6 heteroatoms. The number of benzene rings is 1. The summed E-state index contributed by atoms with van der Waals surface area (Å²) in [6, 6.07) is 7.94. The number of rotatable bonds is 6. The highest BCUT2D eigenvalue weighted by Crippen LogP contribution is 2.29. The Hall–Kier alpha value is -2.63. The summed E-state index contributed by atoms with van der Waals surface area (Å²) in [4.78, 5) is 16.1. The third-order valence-electron chi connectivity index (χ3n) is 3.49. The van der Waals surface area contributed by atoms with Gasteiger partial charge in [-0.15, -0.1) is 6.58 Å². The van der Waals surface area contributed by atoms with E-state index >= 15 is 0 Å². The van der Waals surface area contributed by atoms with Crippen LogP contribution >= 0.6 is 0 Å². The number of nitrogens with zero attached hydrogens (tertiary/aromatic N) is 1. The summed E-state index contributed by atoms with van der Waals surface area (Å²) in [5, 5.41) is 2.87. The predicted octanol–water partition coefficient (Wildman–Crippen LogP) is 4.08. The molecular weight excluding hydrogens is 317 g/mol. The normalized spacial score (nSPS) is 12.5. The Balaban J connectivity index is 2.02. The molecular formula is C18H17F3N2O. The number of hydrogen-bond donors (Lipinski definition) is 1. The topological polar surface area (TPSA) is 42.0 Å². The molecule has 2 aromatic rings. The van der Waals surface area contributed by atoms with Crippen LogP contribution in [-0.2, 0) is 17.4 Å². The zero-order chi connectivity index (χ0) is 17.6. The van der Waals surface area contributed by atoms with Crippen molar-refractivity contribution in [3.05, 3.63) is 78.1 Å². The molecule has 24 heavy (non-hydrogen) atoms. The van der Waals surface area contributed by atoms with Crippen molar-refractivity contribution in [1.29, 1.82) is 0 Å². The van der Waals surface area contributed by atoms with Crippen LogP contribution < -0.4 is 5.32 Å². The Labute approximate surface area is 138 Å². The van der Waals surface area contributed by atoms with Gasteiger partial charge in [-0.05, 0) is 41.8 Å². The highest BCUT2D eigenvalue weighted by molar-refractivity contribution is 5.79. The lowest BCUT2D eigenvalue weighted by atomic mass is 10.0. The zero-order valence-corrected chi connectivity index (χ0v) is 12.9. The third-order valence-corrected chi connectivity index (χ3v) is 3.49. The van der Waals surface area contributed by atoms with Crippen LogP contribution in [-0.4, -0.2) is 10.9 Å². The van der Waals surface area contributed by atoms with Crippen molar-refractivity contribution < 1.29 is 18.0 Å². The van der Waals surface area contributed by atoms with Gasteiger partial charge in [-0.2, -0.15) is 13.2 Å². The van der Waals surface area contributed by atoms with Gasteiger partial charge in [0.1, 0.15) is 0 Å². The van der Waals surface area contributed by atoms with Crippen LogP contribution in [0.4, 0.5) is 13.2 Å². The molecule has 0 saturated heterocycles. The Bertz CT molecular complexity index is 682. The first-order valence-corrected chi connectivity index (χ1v) is 7.36. The molecule has 2 rings (SSSR count). The van der Waals surface area contributed by atoms with Crippen molar-refractivity contribution in [1.82, 2.24) is 10.3 Å². The maximum Gasteiger partial charge on any atom is 0.416 e. The van der Waals surface area contributed by atoms with Gasteiger partial charge in [0, 0.05) is 12.4 Å². The molecule has 126 valence electrons. The van der Waals surface area contributed by atoms with E-state index < -0.39 is 11.7 Å². The van der Waals surface area contributed by atoms with Gasteiger partial charge in [-0.1, -0.05) is 18.2 Å². The lowest BCUT2D eigenvalue weighted by Gasteiger charge is -2.17. The minimum atomic E-state index is -4.38. The number of amides is 1. The van der Waals surface area contributed by atoms with Gasteiger partial charge in [0.15, 0.2) is 0 Å². The summed E-state index contributed by atoms with van der Waals surface area (Å²) in [5.41, 5.74) is 0.686. The van der Waals surface area contributed by atoms with Crippen LogP contribution in [0.2, 0.25) is 0 Å². The first kappa shape index (κ1) is 17.7. The van der Waals surface area contributed by atoms with Crippen LogP contribution in [0.5, 0.6) is 0 Å². The molecule has 1 heterocycles. The largest absolute Gasteiger partial charge is 0.416 e. The summed E-state index contributed by atoms with van der Waals surface area (Å²) in [6.45, 7) is 3.68. The zero-order valence-electron chi connectivity index (χ0n) is 12.9. The van der Waals surface area contributed by atoms with Gasteiger partial charge < -0.3 is 5.32 Å². The number of carbonyl (C=O) groups excluding carboxylic acids is 1. The monoisotopic (exact) mass is 334 g/mol. The van der Waals surface area contributed by atoms with Crippen LogP contribution in [0.25, 0.3) is 0 Å². The minimum Gasteiger partial charge on any atom is -0.349 e. The number of hydrogen-bond acceptors (Lipinski definition) is 2. The van der Waals surface area contributed by atoms with Gasteiger partial charge in [-0.25, -0.2) is 0 Å². The Morgan fingerprint density at radius 3 is 2.33 bits per heavy atom. The van der Waals surface area contributed by atoms with Gasteiger partial charge in [0.2, 0.25) is 5.91 Å². The van der Waals surface area contributed by atoms with Crippen molar-refractivity contribution in [2.75, 3.05) is 0 Å². The molecule has 1 atom stereocenters.